The van der Waals surface area contributed by atoms with Gasteiger partial charge in [-0.25, -0.2) is 4.79 Å². The maximum absolute atomic E-state index is 12.8. The zero-order valence-electron chi connectivity index (χ0n) is 20.5. The van der Waals surface area contributed by atoms with Crippen LogP contribution in [0.25, 0.3) is 0 Å². The number of hydrogen-bond donors (Lipinski definition) is 1. The Hall–Kier alpha value is -2.78. The van der Waals surface area contributed by atoms with Crippen LogP contribution < -0.4 is 15.1 Å². The molecule has 2 saturated heterocycles. The lowest BCUT2D eigenvalue weighted by Crippen LogP contribution is -2.50. The molecule has 2 aliphatic heterocycles. The van der Waals surface area contributed by atoms with Crippen molar-refractivity contribution in [1.82, 2.24) is 9.80 Å². The molecule has 3 heterocycles. The first-order chi connectivity index (χ1) is 16.2. The highest BCUT2D eigenvalue weighted by molar-refractivity contribution is 7.18. The second-order valence-electron chi connectivity index (χ2n) is 9.88. The SMILES string of the molecule is CN1CCN(c2ccc(C(=O)Nc3ccc(N4CCN(C(=O)OC(C)(C)C)CC4)cc3)s2)CC1. The quantitative estimate of drug-likeness (QED) is 0.710. The van der Waals surface area contributed by atoms with Crippen LogP contribution in [0.15, 0.2) is 36.4 Å². The summed E-state index contributed by atoms with van der Waals surface area (Å²) < 4.78 is 5.47. The van der Waals surface area contributed by atoms with Crippen LogP contribution in [-0.4, -0.2) is 86.8 Å². The van der Waals surface area contributed by atoms with E-state index in [0.29, 0.717) is 13.1 Å². The minimum Gasteiger partial charge on any atom is -0.444 e. The zero-order chi connectivity index (χ0) is 24.3. The molecule has 0 aliphatic carbocycles. The summed E-state index contributed by atoms with van der Waals surface area (Å²) in [7, 11) is 2.14. The summed E-state index contributed by atoms with van der Waals surface area (Å²) in [5, 5.41) is 4.16. The zero-order valence-corrected chi connectivity index (χ0v) is 21.4. The van der Waals surface area contributed by atoms with Crippen molar-refractivity contribution >= 4 is 39.7 Å². The number of carbonyl (C=O) groups excluding carboxylic acids is 2. The van der Waals surface area contributed by atoms with Gasteiger partial charge in [0.2, 0.25) is 0 Å². The van der Waals surface area contributed by atoms with Crippen molar-refractivity contribution in [2.75, 3.05) is 74.5 Å². The van der Waals surface area contributed by atoms with Gasteiger partial charge in [-0.05, 0) is 64.2 Å². The number of nitrogens with one attached hydrogen (secondary N) is 1. The number of rotatable bonds is 4. The number of likely N-dealkylation sites (N-methyl/N-ethyl adjacent to an activating group) is 1. The molecule has 4 rings (SSSR count). The summed E-state index contributed by atoms with van der Waals surface area (Å²) in [6, 6.07) is 11.9. The Labute approximate surface area is 206 Å². The minimum absolute atomic E-state index is 0.0795. The molecule has 2 amide bonds. The van der Waals surface area contributed by atoms with Crippen LogP contribution in [0.5, 0.6) is 0 Å². The normalized spacial score (nSPS) is 17.6. The predicted octanol–water partition coefficient (Wildman–Crippen LogP) is 3.81. The minimum atomic E-state index is -0.482. The third-order valence-corrected chi connectivity index (χ3v) is 7.20. The Kier molecular flexibility index (Phi) is 7.33. The molecule has 1 N–H and O–H groups in total. The molecule has 0 bridgehead atoms. The number of amides is 2. The molecule has 1 aromatic carbocycles. The highest BCUT2D eigenvalue weighted by Gasteiger charge is 2.26. The summed E-state index contributed by atoms with van der Waals surface area (Å²) in [5.41, 5.74) is 1.37. The molecular formula is C25H35N5O3S. The molecule has 1 aromatic heterocycles. The van der Waals surface area contributed by atoms with Crippen molar-refractivity contribution in [3.63, 3.8) is 0 Å². The second-order valence-corrected chi connectivity index (χ2v) is 10.9. The van der Waals surface area contributed by atoms with E-state index in [9.17, 15) is 9.59 Å². The number of anilines is 3. The molecule has 9 heteroatoms. The Morgan fingerprint density at radius 2 is 1.47 bits per heavy atom. The smallest absolute Gasteiger partial charge is 0.410 e. The molecule has 0 atom stereocenters. The molecular weight excluding hydrogens is 450 g/mol. The molecule has 2 aliphatic rings. The van der Waals surface area contributed by atoms with Gasteiger partial charge in [0, 0.05) is 63.7 Å². The van der Waals surface area contributed by atoms with Gasteiger partial charge in [-0.3, -0.25) is 4.79 Å². The topological polar surface area (TPSA) is 68.4 Å². The average Bonchev–Trinajstić information content (AvgIpc) is 3.30. The molecule has 0 radical (unpaired) electrons. The second kappa shape index (κ2) is 10.2. The lowest BCUT2D eigenvalue weighted by Gasteiger charge is -2.36. The highest BCUT2D eigenvalue weighted by atomic mass is 32.1. The van der Waals surface area contributed by atoms with Gasteiger partial charge in [0.15, 0.2) is 0 Å². The summed E-state index contributed by atoms with van der Waals surface area (Å²) in [4.78, 5) is 34.4. The van der Waals surface area contributed by atoms with Crippen molar-refractivity contribution in [2.45, 2.75) is 26.4 Å². The van der Waals surface area contributed by atoms with Gasteiger partial charge in [0.1, 0.15) is 5.60 Å². The van der Waals surface area contributed by atoms with Crippen molar-refractivity contribution in [1.29, 1.82) is 0 Å². The van der Waals surface area contributed by atoms with Crippen molar-refractivity contribution in [3.05, 3.63) is 41.3 Å². The number of ether oxygens (including phenoxy) is 1. The van der Waals surface area contributed by atoms with Gasteiger partial charge >= 0.3 is 6.09 Å². The van der Waals surface area contributed by atoms with Gasteiger partial charge in [-0.1, -0.05) is 0 Å². The highest BCUT2D eigenvalue weighted by Crippen LogP contribution is 2.28. The Morgan fingerprint density at radius 1 is 0.853 bits per heavy atom. The Balaban J connectivity index is 1.28. The first kappa shape index (κ1) is 24.3. The van der Waals surface area contributed by atoms with E-state index in [1.807, 2.05) is 57.2 Å². The first-order valence-electron chi connectivity index (χ1n) is 11.9. The van der Waals surface area contributed by atoms with Crippen LogP contribution >= 0.6 is 11.3 Å². The molecule has 0 saturated carbocycles. The van der Waals surface area contributed by atoms with E-state index in [0.717, 1.165) is 60.5 Å². The first-order valence-corrected chi connectivity index (χ1v) is 12.7. The lowest BCUT2D eigenvalue weighted by molar-refractivity contribution is 0.0240. The molecule has 184 valence electrons. The maximum Gasteiger partial charge on any atom is 0.410 e. The number of nitrogens with zero attached hydrogens (tertiary/aromatic N) is 4. The van der Waals surface area contributed by atoms with Crippen molar-refractivity contribution < 1.29 is 14.3 Å². The van der Waals surface area contributed by atoms with Crippen LogP contribution in [-0.2, 0) is 4.74 Å². The fourth-order valence-corrected chi connectivity index (χ4v) is 5.02. The summed E-state index contributed by atoms with van der Waals surface area (Å²) >= 11 is 1.54. The predicted molar refractivity (Wildman–Crippen MR) is 138 cm³/mol. The number of thiophene rings is 1. The molecule has 0 unspecified atom stereocenters. The maximum atomic E-state index is 12.8. The van der Waals surface area contributed by atoms with Gasteiger partial charge < -0.3 is 29.7 Å². The van der Waals surface area contributed by atoms with E-state index in [2.05, 4.69) is 27.1 Å². The van der Waals surface area contributed by atoms with Crippen molar-refractivity contribution in [3.8, 4) is 0 Å². The third-order valence-electron chi connectivity index (χ3n) is 6.05. The molecule has 34 heavy (non-hydrogen) atoms. The van der Waals surface area contributed by atoms with Crippen molar-refractivity contribution in [2.24, 2.45) is 0 Å². The van der Waals surface area contributed by atoms with Crippen LogP contribution in [0.2, 0.25) is 0 Å². The van der Waals surface area contributed by atoms with Crippen LogP contribution in [0.1, 0.15) is 30.4 Å². The number of hydrogen-bond acceptors (Lipinski definition) is 7. The van der Waals surface area contributed by atoms with E-state index in [1.165, 1.54) is 0 Å². The Bertz CT molecular complexity index is 985. The summed E-state index contributed by atoms with van der Waals surface area (Å²) in [5.74, 6) is -0.0795. The van der Waals surface area contributed by atoms with Crippen LogP contribution in [0.4, 0.5) is 21.2 Å². The molecule has 2 aromatic rings. The van der Waals surface area contributed by atoms with Crippen LogP contribution in [0.3, 0.4) is 0 Å². The average molecular weight is 486 g/mol. The van der Waals surface area contributed by atoms with Gasteiger partial charge in [-0.2, -0.15) is 0 Å². The van der Waals surface area contributed by atoms with E-state index in [1.54, 1.807) is 16.2 Å². The molecule has 2 fully saturated rings. The van der Waals surface area contributed by atoms with Gasteiger partial charge in [0.05, 0.1) is 9.88 Å². The van der Waals surface area contributed by atoms with Crippen LogP contribution in [0, 0.1) is 0 Å². The summed E-state index contributed by atoms with van der Waals surface area (Å²) in [6.07, 6.45) is -0.255. The number of carbonyl (C=O) groups is 2. The third kappa shape index (κ3) is 6.21. The van der Waals surface area contributed by atoms with E-state index < -0.39 is 5.60 Å². The van der Waals surface area contributed by atoms with Gasteiger partial charge in [0.25, 0.3) is 5.91 Å². The lowest BCUT2D eigenvalue weighted by atomic mass is 10.2. The monoisotopic (exact) mass is 485 g/mol. The molecule has 8 nitrogen and oxygen atoms in total. The Morgan fingerprint density at radius 3 is 2.09 bits per heavy atom. The largest absolute Gasteiger partial charge is 0.444 e. The van der Waals surface area contributed by atoms with E-state index >= 15 is 0 Å². The van der Waals surface area contributed by atoms with Gasteiger partial charge in [-0.15, -0.1) is 11.3 Å². The van der Waals surface area contributed by atoms with E-state index in [4.69, 9.17) is 4.74 Å². The fourth-order valence-electron chi connectivity index (χ4n) is 4.07. The fraction of sp³-hybridized carbons (Fsp3) is 0.520. The summed E-state index contributed by atoms with van der Waals surface area (Å²) in [6.45, 7) is 12.5. The number of piperazine rings is 2. The number of benzene rings is 1. The standard InChI is InChI=1S/C25H35N5O3S/c1-25(2,3)33-24(32)30-17-15-28(16-18-30)20-7-5-19(6-8-20)26-23(31)21-9-10-22(34-21)29-13-11-27(4)12-14-29/h5-10H,11-18H2,1-4H3,(H,26,31). The van der Waals surface area contributed by atoms with E-state index in [-0.39, 0.29) is 12.0 Å². The molecule has 0 spiro atoms.